The third-order valence-electron chi connectivity index (χ3n) is 5.07. The van der Waals surface area contributed by atoms with Crippen molar-refractivity contribution in [1.29, 1.82) is 0 Å². The van der Waals surface area contributed by atoms with Gasteiger partial charge in [-0.05, 0) is 43.5 Å². The highest BCUT2D eigenvalue weighted by atomic mass is 19.3. The van der Waals surface area contributed by atoms with E-state index in [1.54, 1.807) is 25.1 Å². The van der Waals surface area contributed by atoms with Crippen molar-refractivity contribution in [1.82, 2.24) is 9.80 Å². The lowest BCUT2D eigenvalue weighted by Crippen LogP contribution is -2.50. The highest BCUT2D eigenvalue weighted by molar-refractivity contribution is 5.92. The van der Waals surface area contributed by atoms with Gasteiger partial charge in [0.05, 0.1) is 12.7 Å². The molecule has 0 spiro atoms. The minimum absolute atomic E-state index is 0.0207. The Balaban J connectivity index is 1.52. The molecule has 29 heavy (non-hydrogen) atoms. The standard InChI is InChI=1S/C21H28F2N2O4/c1-2-27-19-14-16(5-7-18(19)29-21(22)23)6-8-20(26)25-11-9-24(10-12-25)15-17-4-3-13-28-17/h5-8,14,17,21H,2-4,9-13,15H2,1H3/b8-6+. The summed E-state index contributed by atoms with van der Waals surface area (Å²) in [4.78, 5) is 16.7. The predicted octanol–water partition coefficient (Wildman–Crippen LogP) is 3.02. The molecular weight excluding hydrogens is 382 g/mol. The first-order valence-electron chi connectivity index (χ1n) is 10.1. The summed E-state index contributed by atoms with van der Waals surface area (Å²) >= 11 is 0. The van der Waals surface area contributed by atoms with Crippen molar-refractivity contribution < 1.29 is 27.8 Å². The van der Waals surface area contributed by atoms with Gasteiger partial charge in [0.1, 0.15) is 0 Å². The SMILES string of the molecule is CCOc1cc(/C=C/C(=O)N2CCN(CC3CCCO3)CC2)ccc1OC(F)F. The number of nitrogens with zero attached hydrogens (tertiary/aromatic N) is 2. The molecule has 1 amide bonds. The Bertz CT molecular complexity index is 700. The molecule has 1 unspecified atom stereocenters. The van der Waals surface area contributed by atoms with Gasteiger partial charge in [0.2, 0.25) is 5.91 Å². The van der Waals surface area contributed by atoms with Gasteiger partial charge in [0.15, 0.2) is 11.5 Å². The maximum Gasteiger partial charge on any atom is 0.387 e. The smallest absolute Gasteiger partial charge is 0.387 e. The summed E-state index contributed by atoms with van der Waals surface area (Å²) in [7, 11) is 0. The topological polar surface area (TPSA) is 51.2 Å². The summed E-state index contributed by atoms with van der Waals surface area (Å²) < 4.78 is 40.5. The van der Waals surface area contributed by atoms with Crippen LogP contribution in [-0.2, 0) is 9.53 Å². The summed E-state index contributed by atoms with van der Waals surface area (Å²) in [6, 6.07) is 4.62. The number of halogens is 2. The van der Waals surface area contributed by atoms with E-state index < -0.39 is 6.61 Å². The molecule has 0 aromatic heterocycles. The van der Waals surface area contributed by atoms with Crippen molar-refractivity contribution in [2.24, 2.45) is 0 Å². The molecule has 3 rings (SSSR count). The first-order valence-corrected chi connectivity index (χ1v) is 10.1. The third kappa shape index (κ3) is 6.40. The molecule has 160 valence electrons. The summed E-state index contributed by atoms with van der Waals surface area (Å²) in [6.45, 7) is 4.00. The van der Waals surface area contributed by atoms with E-state index in [-0.39, 0.29) is 17.4 Å². The molecule has 2 fully saturated rings. The summed E-state index contributed by atoms with van der Waals surface area (Å²) in [6.07, 6.45) is 5.75. The average molecular weight is 410 g/mol. The molecule has 6 nitrogen and oxygen atoms in total. The van der Waals surface area contributed by atoms with Crippen LogP contribution in [0.2, 0.25) is 0 Å². The van der Waals surface area contributed by atoms with Gasteiger partial charge >= 0.3 is 6.61 Å². The molecule has 8 heteroatoms. The van der Waals surface area contributed by atoms with E-state index in [4.69, 9.17) is 9.47 Å². The molecule has 2 heterocycles. The molecule has 2 saturated heterocycles. The fourth-order valence-electron chi connectivity index (χ4n) is 3.59. The van der Waals surface area contributed by atoms with E-state index in [1.165, 1.54) is 12.1 Å². The fraction of sp³-hybridized carbons (Fsp3) is 0.571. The largest absolute Gasteiger partial charge is 0.490 e. The van der Waals surface area contributed by atoms with Gasteiger partial charge in [-0.15, -0.1) is 0 Å². The van der Waals surface area contributed by atoms with Crippen molar-refractivity contribution in [3.63, 3.8) is 0 Å². The Morgan fingerprint density at radius 2 is 2.07 bits per heavy atom. The highest BCUT2D eigenvalue weighted by Gasteiger charge is 2.24. The van der Waals surface area contributed by atoms with Gasteiger partial charge in [-0.3, -0.25) is 9.69 Å². The zero-order valence-electron chi connectivity index (χ0n) is 16.7. The third-order valence-corrected chi connectivity index (χ3v) is 5.07. The van der Waals surface area contributed by atoms with E-state index in [0.717, 1.165) is 39.1 Å². The minimum Gasteiger partial charge on any atom is -0.490 e. The number of hydrogen-bond acceptors (Lipinski definition) is 5. The van der Waals surface area contributed by atoms with Crippen LogP contribution in [0.3, 0.4) is 0 Å². The average Bonchev–Trinajstić information content (AvgIpc) is 3.21. The van der Waals surface area contributed by atoms with Crippen LogP contribution in [0, 0.1) is 0 Å². The van der Waals surface area contributed by atoms with E-state index >= 15 is 0 Å². The lowest BCUT2D eigenvalue weighted by molar-refractivity contribution is -0.127. The number of carbonyl (C=O) groups is 1. The second kappa shape index (κ2) is 10.5. The molecular formula is C21H28F2N2O4. The maximum absolute atomic E-state index is 12.5. The second-order valence-corrected chi connectivity index (χ2v) is 7.11. The Kier molecular flexibility index (Phi) is 7.83. The van der Waals surface area contributed by atoms with Crippen molar-refractivity contribution in [3.05, 3.63) is 29.8 Å². The first-order chi connectivity index (χ1) is 14.0. The number of hydrogen-bond donors (Lipinski definition) is 0. The maximum atomic E-state index is 12.5. The van der Waals surface area contributed by atoms with E-state index in [9.17, 15) is 13.6 Å². The van der Waals surface area contributed by atoms with Crippen LogP contribution in [-0.4, -0.2) is 74.4 Å². The highest BCUT2D eigenvalue weighted by Crippen LogP contribution is 2.30. The predicted molar refractivity (Wildman–Crippen MR) is 105 cm³/mol. The molecule has 1 atom stereocenters. The Labute approximate surface area is 170 Å². The number of rotatable bonds is 8. The van der Waals surface area contributed by atoms with E-state index in [2.05, 4.69) is 9.64 Å². The van der Waals surface area contributed by atoms with Crippen LogP contribution in [0.1, 0.15) is 25.3 Å². The van der Waals surface area contributed by atoms with E-state index in [1.807, 2.05) is 4.90 Å². The van der Waals surface area contributed by atoms with Gasteiger partial charge < -0.3 is 19.1 Å². The molecule has 0 aliphatic carbocycles. The van der Waals surface area contributed by atoms with Crippen LogP contribution in [0.25, 0.3) is 6.08 Å². The first kappa shape index (κ1) is 21.5. The Hall–Kier alpha value is -2.19. The van der Waals surface area contributed by atoms with Crippen molar-refractivity contribution in [2.45, 2.75) is 32.5 Å². The molecule has 2 aliphatic rings. The van der Waals surface area contributed by atoms with Gasteiger partial charge in [-0.25, -0.2) is 0 Å². The van der Waals surface area contributed by atoms with E-state index in [0.29, 0.717) is 31.4 Å². The van der Waals surface area contributed by atoms with Crippen LogP contribution in [0.5, 0.6) is 11.5 Å². The van der Waals surface area contributed by atoms with Crippen molar-refractivity contribution >= 4 is 12.0 Å². The molecule has 1 aromatic carbocycles. The van der Waals surface area contributed by atoms with Crippen LogP contribution in [0.15, 0.2) is 24.3 Å². The van der Waals surface area contributed by atoms with Gasteiger partial charge in [-0.1, -0.05) is 6.07 Å². The van der Waals surface area contributed by atoms with Gasteiger partial charge in [-0.2, -0.15) is 8.78 Å². The zero-order valence-corrected chi connectivity index (χ0v) is 16.7. The number of amides is 1. The summed E-state index contributed by atoms with van der Waals surface area (Å²) in [5.41, 5.74) is 0.681. The monoisotopic (exact) mass is 410 g/mol. The molecule has 2 aliphatic heterocycles. The quantitative estimate of drug-likeness (QED) is 0.617. The van der Waals surface area contributed by atoms with Crippen molar-refractivity contribution in [2.75, 3.05) is 45.9 Å². The summed E-state index contributed by atoms with van der Waals surface area (Å²) in [5, 5.41) is 0. The van der Waals surface area contributed by atoms with Gasteiger partial charge in [0, 0.05) is 45.4 Å². The Morgan fingerprint density at radius 3 is 2.72 bits per heavy atom. The number of ether oxygens (including phenoxy) is 3. The van der Waals surface area contributed by atoms with Gasteiger partial charge in [0.25, 0.3) is 0 Å². The second-order valence-electron chi connectivity index (χ2n) is 7.11. The number of piperazine rings is 1. The van der Waals surface area contributed by atoms with Crippen LogP contribution >= 0.6 is 0 Å². The van der Waals surface area contributed by atoms with Crippen molar-refractivity contribution in [3.8, 4) is 11.5 Å². The lowest BCUT2D eigenvalue weighted by atomic mass is 10.1. The number of alkyl halides is 2. The summed E-state index contributed by atoms with van der Waals surface area (Å²) in [5.74, 6) is 0.144. The number of carbonyl (C=O) groups excluding carboxylic acids is 1. The number of benzene rings is 1. The van der Waals surface area contributed by atoms with Crippen LogP contribution < -0.4 is 9.47 Å². The zero-order chi connectivity index (χ0) is 20.6. The molecule has 0 bridgehead atoms. The molecule has 0 N–H and O–H groups in total. The fourth-order valence-corrected chi connectivity index (χ4v) is 3.59. The molecule has 1 aromatic rings. The Morgan fingerprint density at radius 1 is 1.28 bits per heavy atom. The lowest BCUT2D eigenvalue weighted by Gasteiger charge is -2.35. The molecule has 0 saturated carbocycles. The normalized spacial score (nSPS) is 20.6. The minimum atomic E-state index is -2.92. The molecule has 0 radical (unpaired) electrons. The van der Waals surface area contributed by atoms with Crippen LogP contribution in [0.4, 0.5) is 8.78 Å².